The maximum atomic E-state index is 12.0. The summed E-state index contributed by atoms with van der Waals surface area (Å²) in [6, 6.07) is 5.21. The summed E-state index contributed by atoms with van der Waals surface area (Å²) in [5.74, 6) is -0.445. The highest BCUT2D eigenvalue weighted by molar-refractivity contribution is 5.88. The fourth-order valence-corrected chi connectivity index (χ4v) is 2.47. The fraction of sp³-hybridized carbons (Fsp3) is 0.429. The van der Waals surface area contributed by atoms with Crippen molar-refractivity contribution in [1.29, 1.82) is 0 Å². The minimum atomic E-state index is -0.913. The second-order valence-electron chi connectivity index (χ2n) is 5.07. The average Bonchev–Trinajstić information content (AvgIpc) is 3.20. The summed E-state index contributed by atoms with van der Waals surface area (Å²) < 4.78 is 0. The Morgan fingerprint density at radius 1 is 1.22 bits per heavy atom. The topological polar surface area (TPSA) is 57.6 Å². The molecule has 4 heteroatoms. The Morgan fingerprint density at radius 2 is 2.00 bits per heavy atom. The van der Waals surface area contributed by atoms with Gasteiger partial charge < -0.3 is 10.0 Å². The minimum absolute atomic E-state index is 0.231. The molecule has 0 unspecified atom stereocenters. The van der Waals surface area contributed by atoms with Crippen LogP contribution in [0.15, 0.2) is 18.2 Å². The summed E-state index contributed by atoms with van der Waals surface area (Å²) in [5.41, 5.74) is 2.45. The average molecular weight is 245 g/mol. The van der Waals surface area contributed by atoms with Crippen molar-refractivity contribution < 1.29 is 14.7 Å². The summed E-state index contributed by atoms with van der Waals surface area (Å²) in [7, 11) is 0. The van der Waals surface area contributed by atoms with Gasteiger partial charge in [-0.1, -0.05) is 6.07 Å². The number of rotatable bonds is 2. The van der Waals surface area contributed by atoms with E-state index in [9.17, 15) is 9.59 Å². The van der Waals surface area contributed by atoms with E-state index in [0.717, 1.165) is 31.4 Å². The highest BCUT2D eigenvalue weighted by atomic mass is 16.4. The third kappa shape index (κ3) is 1.98. The van der Waals surface area contributed by atoms with Crippen LogP contribution in [0.5, 0.6) is 0 Å². The molecule has 18 heavy (non-hydrogen) atoms. The van der Waals surface area contributed by atoms with E-state index < -0.39 is 5.97 Å². The fourth-order valence-electron chi connectivity index (χ4n) is 2.47. The van der Waals surface area contributed by atoms with E-state index in [2.05, 4.69) is 0 Å². The van der Waals surface area contributed by atoms with Gasteiger partial charge in [0.25, 0.3) is 0 Å². The first-order valence-corrected chi connectivity index (χ1v) is 6.29. The standard InChI is InChI=1S/C14H15NO3/c16-13(10-2-3-10)15-6-5-9-1-4-11(14(17)18)7-12(9)8-15/h1,4,7,10H,2-3,5-6,8H2,(H,17,18). The molecule has 0 radical (unpaired) electrons. The van der Waals surface area contributed by atoms with Gasteiger partial charge in [-0.25, -0.2) is 4.79 Å². The van der Waals surface area contributed by atoms with Crippen molar-refractivity contribution in [2.75, 3.05) is 6.54 Å². The molecule has 1 aliphatic heterocycles. The second kappa shape index (κ2) is 4.12. The molecule has 1 aromatic carbocycles. The largest absolute Gasteiger partial charge is 0.478 e. The number of nitrogens with zero attached hydrogens (tertiary/aromatic N) is 1. The van der Waals surface area contributed by atoms with Crippen LogP contribution < -0.4 is 0 Å². The van der Waals surface area contributed by atoms with E-state index >= 15 is 0 Å². The maximum Gasteiger partial charge on any atom is 0.335 e. The Kier molecular flexibility index (Phi) is 2.58. The Labute approximate surface area is 105 Å². The van der Waals surface area contributed by atoms with Gasteiger partial charge in [0.2, 0.25) is 5.91 Å². The van der Waals surface area contributed by atoms with Crippen molar-refractivity contribution in [3.63, 3.8) is 0 Å². The van der Waals surface area contributed by atoms with Crippen LogP contribution in [0.1, 0.15) is 34.3 Å². The molecule has 2 aliphatic rings. The van der Waals surface area contributed by atoms with Gasteiger partial charge in [0.15, 0.2) is 0 Å². The number of carboxylic acids is 1. The number of aromatic carboxylic acids is 1. The van der Waals surface area contributed by atoms with Crippen LogP contribution in [-0.4, -0.2) is 28.4 Å². The summed E-state index contributed by atoms with van der Waals surface area (Å²) in [6.07, 6.45) is 2.85. The molecule has 0 spiro atoms. The van der Waals surface area contributed by atoms with E-state index in [1.54, 1.807) is 12.1 Å². The van der Waals surface area contributed by atoms with Gasteiger partial charge >= 0.3 is 5.97 Å². The van der Waals surface area contributed by atoms with Gasteiger partial charge in [0, 0.05) is 19.0 Å². The van der Waals surface area contributed by atoms with Crippen LogP contribution >= 0.6 is 0 Å². The number of carbonyl (C=O) groups is 2. The smallest absolute Gasteiger partial charge is 0.335 e. The van der Waals surface area contributed by atoms with Gasteiger partial charge in [-0.05, 0) is 42.5 Å². The first-order chi connectivity index (χ1) is 8.65. The predicted octanol–water partition coefficient (Wildman–Crippen LogP) is 1.68. The van der Waals surface area contributed by atoms with Gasteiger partial charge in [-0.2, -0.15) is 0 Å². The molecular formula is C14H15NO3. The zero-order valence-electron chi connectivity index (χ0n) is 10.1. The lowest BCUT2D eigenvalue weighted by molar-refractivity contribution is -0.133. The number of benzene rings is 1. The van der Waals surface area contributed by atoms with E-state index in [0.29, 0.717) is 12.1 Å². The molecule has 0 aromatic heterocycles. The lowest BCUT2D eigenvalue weighted by Crippen LogP contribution is -2.37. The zero-order valence-corrected chi connectivity index (χ0v) is 10.1. The van der Waals surface area contributed by atoms with Crippen LogP contribution in [0.2, 0.25) is 0 Å². The highest BCUT2D eigenvalue weighted by Crippen LogP contribution is 2.32. The highest BCUT2D eigenvalue weighted by Gasteiger charge is 2.34. The third-order valence-electron chi connectivity index (χ3n) is 3.70. The molecule has 0 saturated heterocycles. The molecular weight excluding hydrogens is 230 g/mol. The van der Waals surface area contributed by atoms with Crippen molar-refractivity contribution in [2.24, 2.45) is 5.92 Å². The first-order valence-electron chi connectivity index (χ1n) is 6.29. The lowest BCUT2D eigenvalue weighted by Gasteiger charge is -2.29. The Balaban J connectivity index is 1.83. The van der Waals surface area contributed by atoms with E-state index in [-0.39, 0.29) is 11.8 Å². The summed E-state index contributed by atoms with van der Waals surface area (Å²) >= 11 is 0. The predicted molar refractivity (Wildman–Crippen MR) is 65.2 cm³/mol. The summed E-state index contributed by atoms with van der Waals surface area (Å²) in [5, 5.41) is 8.98. The second-order valence-corrected chi connectivity index (χ2v) is 5.07. The Morgan fingerprint density at radius 3 is 2.67 bits per heavy atom. The maximum absolute atomic E-state index is 12.0. The van der Waals surface area contributed by atoms with Crippen LogP contribution in [0.25, 0.3) is 0 Å². The molecule has 4 nitrogen and oxygen atoms in total. The van der Waals surface area contributed by atoms with E-state index in [1.165, 1.54) is 5.56 Å². The number of fused-ring (bicyclic) bond motifs is 1. The number of hydrogen-bond acceptors (Lipinski definition) is 2. The molecule has 1 aliphatic carbocycles. The number of carbonyl (C=O) groups excluding carboxylic acids is 1. The third-order valence-corrected chi connectivity index (χ3v) is 3.70. The van der Waals surface area contributed by atoms with Gasteiger partial charge in [-0.3, -0.25) is 4.79 Å². The molecule has 0 atom stereocenters. The number of carboxylic acid groups (broad SMARTS) is 1. The lowest BCUT2D eigenvalue weighted by atomic mass is 9.97. The molecule has 3 rings (SSSR count). The van der Waals surface area contributed by atoms with Gasteiger partial charge in [-0.15, -0.1) is 0 Å². The van der Waals surface area contributed by atoms with Crippen molar-refractivity contribution in [3.05, 3.63) is 34.9 Å². The number of hydrogen-bond donors (Lipinski definition) is 1. The summed E-state index contributed by atoms with van der Waals surface area (Å²) in [4.78, 5) is 24.8. The van der Waals surface area contributed by atoms with E-state index in [4.69, 9.17) is 5.11 Å². The molecule has 1 N–H and O–H groups in total. The summed E-state index contributed by atoms with van der Waals surface area (Å²) in [6.45, 7) is 1.32. The van der Waals surface area contributed by atoms with Crippen molar-refractivity contribution >= 4 is 11.9 Å². The Bertz CT molecular complexity index is 520. The van der Waals surface area contributed by atoms with Gasteiger partial charge in [0.1, 0.15) is 0 Å². The van der Waals surface area contributed by atoms with Gasteiger partial charge in [0.05, 0.1) is 5.56 Å². The Hall–Kier alpha value is -1.84. The molecule has 1 fully saturated rings. The van der Waals surface area contributed by atoms with Crippen LogP contribution in [0, 0.1) is 5.92 Å². The molecule has 1 saturated carbocycles. The SMILES string of the molecule is O=C(O)c1ccc2c(c1)CN(C(=O)C1CC1)CC2. The molecule has 1 heterocycles. The van der Waals surface area contributed by atoms with Crippen LogP contribution in [-0.2, 0) is 17.8 Å². The molecule has 1 amide bonds. The van der Waals surface area contributed by atoms with Crippen LogP contribution in [0.3, 0.4) is 0 Å². The van der Waals surface area contributed by atoms with Crippen molar-refractivity contribution in [2.45, 2.75) is 25.8 Å². The normalized spacial score (nSPS) is 18.3. The number of amides is 1. The molecule has 0 bridgehead atoms. The minimum Gasteiger partial charge on any atom is -0.478 e. The zero-order chi connectivity index (χ0) is 12.7. The molecule has 94 valence electrons. The quantitative estimate of drug-likeness (QED) is 0.862. The van der Waals surface area contributed by atoms with Crippen molar-refractivity contribution in [1.82, 2.24) is 4.90 Å². The van der Waals surface area contributed by atoms with Crippen LogP contribution in [0.4, 0.5) is 0 Å². The first kappa shape index (κ1) is 11.3. The van der Waals surface area contributed by atoms with Crippen molar-refractivity contribution in [3.8, 4) is 0 Å². The monoisotopic (exact) mass is 245 g/mol. The molecule has 1 aromatic rings. The van der Waals surface area contributed by atoms with E-state index in [1.807, 2.05) is 11.0 Å².